The lowest BCUT2D eigenvalue weighted by molar-refractivity contribution is -0.157. The van der Waals surface area contributed by atoms with E-state index in [2.05, 4.69) is 10.6 Å². The molecular formula is C38H41N3O9. The maximum atomic E-state index is 13.9. The fraction of sp³-hybridized carbons (Fsp3) is 0.316. The second-order valence-corrected chi connectivity index (χ2v) is 12.2. The number of esters is 1. The third kappa shape index (κ3) is 8.01. The van der Waals surface area contributed by atoms with Gasteiger partial charge in [-0.15, -0.1) is 0 Å². The van der Waals surface area contributed by atoms with Gasteiger partial charge in [-0.25, -0.2) is 4.79 Å². The van der Waals surface area contributed by atoms with Gasteiger partial charge in [0.25, 0.3) is 0 Å². The number of amides is 3. The molecule has 5 atom stereocenters. The number of fused-ring (bicyclic) bond motifs is 1. The number of aliphatic hydroxyl groups excluding tert-OH is 2. The lowest BCUT2D eigenvalue weighted by atomic mass is 9.91. The van der Waals surface area contributed by atoms with Gasteiger partial charge in [0.2, 0.25) is 23.5 Å². The maximum Gasteiger partial charge on any atom is 0.339 e. The van der Waals surface area contributed by atoms with E-state index in [9.17, 15) is 24.3 Å². The SMILES string of the molecule is C[C@H](O)[C@@H](NC(=O)C1=C[C@H]2OC(c3ccccc3)(c3ccccc3)O[C@H]2[C@H](OC(=O)c2ccccc2C=CC(=O)N(C)C)C1)C(=O)NCCO. The number of carbonyl (C=O) groups excluding carboxylic acids is 4. The highest BCUT2D eigenvalue weighted by Gasteiger charge is 2.55. The first-order chi connectivity index (χ1) is 24.0. The molecule has 12 heteroatoms. The number of hydrogen-bond acceptors (Lipinski definition) is 9. The zero-order chi connectivity index (χ0) is 35.8. The smallest absolute Gasteiger partial charge is 0.339 e. The van der Waals surface area contributed by atoms with Crippen molar-refractivity contribution in [1.29, 1.82) is 0 Å². The monoisotopic (exact) mass is 683 g/mol. The van der Waals surface area contributed by atoms with Crippen LogP contribution < -0.4 is 10.6 Å². The molecular weight excluding hydrogens is 642 g/mol. The normalized spacial score (nSPS) is 20.6. The van der Waals surface area contributed by atoms with E-state index >= 15 is 0 Å². The standard InChI is InChI=1S/C38H41N3O9/c1-24(43)33(36(46)39-20-21-42)40-35(45)26-22-30(48-37(47)29-17-11-10-12-25(29)18-19-32(44)41(2)3)34-31(23-26)49-38(50-34,27-13-6-4-7-14-27)28-15-8-5-9-16-28/h4-19,23-24,30-31,33-34,42-43H,20-22H2,1-3H3,(H,39,46)(H,40,45)/t24-,30+,31+,33+,34-/m0/s1. The van der Waals surface area contributed by atoms with E-state index in [0.717, 1.165) is 0 Å². The van der Waals surface area contributed by atoms with Crippen LogP contribution in [0.4, 0.5) is 0 Å². The van der Waals surface area contributed by atoms with Crippen molar-refractivity contribution >= 4 is 29.8 Å². The van der Waals surface area contributed by atoms with Crippen LogP contribution in [0.2, 0.25) is 0 Å². The average molecular weight is 684 g/mol. The van der Waals surface area contributed by atoms with E-state index in [-0.39, 0.29) is 36.6 Å². The lowest BCUT2D eigenvalue weighted by Gasteiger charge is -2.32. The van der Waals surface area contributed by atoms with Crippen LogP contribution in [-0.2, 0) is 34.4 Å². The summed E-state index contributed by atoms with van der Waals surface area (Å²) in [6.07, 6.45) is 0.312. The molecule has 262 valence electrons. The quantitative estimate of drug-likeness (QED) is 0.166. The van der Waals surface area contributed by atoms with Gasteiger partial charge in [-0.1, -0.05) is 78.9 Å². The van der Waals surface area contributed by atoms with E-state index in [1.165, 1.54) is 24.0 Å². The van der Waals surface area contributed by atoms with Gasteiger partial charge in [0.1, 0.15) is 24.4 Å². The van der Waals surface area contributed by atoms with Crippen molar-refractivity contribution in [3.05, 3.63) is 125 Å². The number of nitrogens with zero attached hydrogens (tertiary/aromatic N) is 1. The molecule has 1 aliphatic heterocycles. The van der Waals surface area contributed by atoms with Gasteiger partial charge < -0.3 is 40.0 Å². The molecule has 2 aliphatic rings. The van der Waals surface area contributed by atoms with Gasteiger partial charge in [0, 0.05) is 49.8 Å². The molecule has 0 aromatic heterocycles. The van der Waals surface area contributed by atoms with E-state index in [0.29, 0.717) is 16.7 Å². The zero-order valence-electron chi connectivity index (χ0n) is 28.0. The van der Waals surface area contributed by atoms with E-state index < -0.39 is 54.0 Å². The number of ether oxygens (including phenoxy) is 3. The Morgan fingerprint density at radius 3 is 2.18 bits per heavy atom. The van der Waals surface area contributed by atoms with Crippen LogP contribution in [0, 0.1) is 0 Å². The molecule has 0 radical (unpaired) electrons. The molecule has 0 bridgehead atoms. The predicted octanol–water partition coefficient (Wildman–Crippen LogP) is 2.30. The Morgan fingerprint density at radius 2 is 1.58 bits per heavy atom. The molecule has 1 saturated heterocycles. The van der Waals surface area contributed by atoms with Gasteiger partial charge in [0.15, 0.2) is 0 Å². The highest BCUT2D eigenvalue weighted by molar-refractivity contribution is 5.98. The summed E-state index contributed by atoms with van der Waals surface area (Å²) in [5.41, 5.74) is 2.16. The molecule has 0 unspecified atom stereocenters. The number of benzene rings is 3. The summed E-state index contributed by atoms with van der Waals surface area (Å²) in [5.74, 6) is -3.76. The maximum absolute atomic E-state index is 13.9. The lowest BCUT2D eigenvalue weighted by Crippen LogP contribution is -2.54. The fourth-order valence-corrected chi connectivity index (χ4v) is 5.86. The van der Waals surface area contributed by atoms with Gasteiger partial charge in [-0.2, -0.15) is 0 Å². The molecule has 5 rings (SSSR count). The first-order valence-electron chi connectivity index (χ1n) is 16.3. The van der Waals surface area contributed by atoms with Crippen molar-refractivity contribution in [2.45, 2.75) is 49.6 Å². The van der Waals surface area contributed by atoms with Gasteiger partial charge in [-0.05, 0) is 30.7 Å². The van der Waals surface area contributed by atoms with Gasteiger partial charge >= 0.3 is 5.97 Å². The van der Waals surface area contributed by atoms with Crippen molar-refractivity contribution in [1.82, 2.24) is 15.5 Å². The molecule has 3 amide bonds. The molecule has 1 aliphatic carbocycles. The average Bonchev–Trinajstić information content (AvgIpc) is 3.53. The zero-order valence-corrected chi connectivity index (χ0v) is 28.0. The second kappa shape index (κ2) is 16.0. The summed E-state index contributed by atoms with van der Waals surface area (Å²) in [6.45, 7) is 0.980. The number of rotatable bonds is 12. The number of aliphatic hydroxyl groups is 2. The summed E-state index contributed by atoms with van der Waals surface area (Å²) in [4.78, 5) is 54.0. The first-order valence-corrected chi connectivity index (χ1v) is 16.3. The highest BCUT2D eigenvalue weighted by atomic mass is 16.8. The van der Waals surface area contributed by atoms with E-state index in [1.807, 2.05) is 60.7 Å². The Morgan fingerprint density at radius 1 is 0.960 bits per heavy atom. The van der Waals surface area contributed by atoms with Crippen LogP contribution in [0.15, 0.2) is 103 Å². The van der Waals surface area contributed by atoms with Crippen molar-refractivity contribution in [2.24, 2.45) is 0 Å². The Kier molecular flexibility index (Phi) is 11.6. The largest absolute Gasteiger partial charge is 0.456 e. The third-order valence-electron chi connectivity index (χ3n) is 8.43. The van der Waals surface area contributed by atoms with E-state index in [1.54, 1.807) is 44.4 Å². The second-order valence-electron chi connectivity index (χ2n) is 12.2. The van der Waals surface area contributed by atoms with Gasteiger partial charge in [-0.3, -0.25) is 14.4 Å². The molecule has 0 spiro atoms. The van der Waals surface area contributed by atoms with E-state index in [4.69, 9.17) is 19.3 Å². The molecule has 4 N–H and O–H groups in total. The summed E-state index contributed by atoms with van der Waals surface area (Å²) in [5, 5.41) is 24.5. The predicted molar refractivity (Wildman–Crippen MR) is 183 cm³/mol. The molecule has 3 aromatic rings. The molecule has 1 heterocycles. The van der Waals surface area contributed by atoms with Crippen molar-refractivity contribution in [3.8, 4) is 0 Å². The Labute approximate surface area is 290 Å². The topological polar surface area (TPSA) is 164 Å². The number of carbonyl (C=O) groups is 4. The molecule has 1 fully saturated rings. The highest BCUT2D eigenvalue weighted by Crippen LogP contribution is 2.47. The summed E-state index contributed by atoms with van der Waals surface area (Å²) in [7, 11) is 3.24. The van der Waals surface area contributed by atoms with Crippen LogP contribution in [0.5, 0.6) is 0 Å². The van der Waals surface area contributed by atoms with Crippen LogP contribution in [0.25, 0.3) is 6.08 Å². The first kappa shape index (κ1) is 36.1. The van der Waals surface area contributed by atoms with Crippen LogP contribution in [-0.4, -0.2) is 96.5 Å². The molecule has 12 nitrogen and oxygen atoms in total. The minimum absolute atomic E-state index is 0.0609. The number of likely N-dealkylation sites (N-methyl/N-ethyl adjacent to an activating group) is 1. The van der Waals surface area contributed by atoms with Crippen molar-refractivity contribution in [3.63, 3.8) is 0 Å². The molecule has 3 aromatic carbocycles. The van der Waals surface area contributed by atoms with Crippen molar-refractivity contribution < 1.29 is 43.6 Å². The summed E-state index contributed by atoms with van der Waals surface area (Å²) >= 11 is 0. The fourth-order valence-electron chi connectivity index (χ4n) is 5.86. The summed E-state index contributed by atoms with van der Waals surface area (Å²) in [6, 6.07) is 23.9. The van der Waals surface area contributed by atoms with Crippen LogP contribution in [0.1, 0.15) is 40.4 Å². The minimum atomic E-state index is -1.43. The number of nitrogens with one attached hydrogen (secondary N) is 2. The minimum Gasteiger partial charge on any atom is -0.456 e. The van der Waals surface area contributed by atoms with Crippen molar-refractivity contribution in [2.75, 3.05) is 27.2 Å². The Bertz CT molecular complexity index is 1700. The Hall–Kier alpha value is -5.14. The third-order valence-corrected chi connectivity index (χ3v) is 8.43. The summed E-state index contributed by atoms with van der Waals surface area (Å²) < 4.78 is 19.6. The Balaban J connectivity index is 1.51. The van der Waals surface area contributed by atoms with Crippen LogP contribution in [0.3, 0.4) is 0 Å². The van der Waals surface area contributed by atoms with Crippen LogP contribution >= 0.6 is 0 Å². The molecule has 0 saturated carbocycles. The molecule has 50 heavy (non-hydrogen) atoms. The van der Waals surface area contributed by atoms with Gasteiger partial charge in [0.05, 0.1) is 18.3 Å². The number of hydrogen-bond donors (Lipinski definition) is 4.